The van der Waals surface area contributed by atoms with Gasteiger partial charge in [-0.3, -0.25) is 14.4 Å². The van der Waals surface area contributed by atoms with E-state index in [9.17, 15) is 14.4 Å². The lowest BCUT2D eigenvalue weighted by Crippen LogP contribution is -2.30. The second kappa shape index (κ2) is 67.8. The van der Waals surface area contributed by atoms with Crippen LogP contribution in [0.3, 0.4) is 0 Å². The molecule has 0 aliphatic rings. The quantitative estimate of drug-likeness (QED) is 0.0261. The van der Waals surface area contributed by atoms with Crippen LogP contribution in [0.4, 0.5) is 0 Å². The Morgan fingerprint density at radius 3 is 0.775 bits per heavy atom. The van der Waals surface area contributed by atoms with Gasteiger partial charge in [-0.2, -0.15) is 0 Å². The molecule has 6 heteroatoms. The molecule has 0 aliphatic carbocycles. The van der Waals surface area contributed by atoms with Gasteiger partial charge in [0.2, 0.25) is 0 Å². The van der Waals surface area contributed by atoms with E-state index >= 15 is 0 Å². The molecule has 0 saturated heterocycles. The molecule has 0 aromatic heterocycles. The molecule has 0 radical (unpaired) electrons. The fraction of sp³-hybridized carbons (Fsp3) is 0.743. The third-order valence-electron chi connectivity index (χ3n) is 14.8. The van der Waals surface area contributed by atoms with Crippen molar-refractivity contribution in [1.29, 1.82) is 0 Å². The minimum atomic E-state index is -0.793. The number of carbonyl (C=O) groups is 3. The summed E-state index contributed by atoms with van der Waals surface area (Å²) in [5.41, 5.74) is 0. The van der Waals surface area contributed by atoms with E-state index < -0.39 is 6.10 Å². The predicted molar refractivity (Wildman–Crippen MR) is 348 cm³/mol. The molecule has 0 fully saturated rings. The zero-order valence-corrected chi connectivity index (χ0v) is 52.8. The Hall–Kier alpha value is -3.67. The van der Waals surface area contributed by atoms with E-state index in [0.717, 1.165) is 109 Å². The summed E-state index contributed by atoms with van der Waals surface area (Å²) in [6, 6.07) is 0. The maximum absolute atomic E-state index is 12.9. The molecule has 0 aromatic carbocycles. The van der Waals surface area contributed by atoms with E-state index in [1.54, 1.807) is 0 Å². The average molecular weight is 1110 g/mol. The standard InChI is InChI=1S/C74H128O6/c1-4-7-10-13-16-19-22-25-28-31-33-34-35-36-37-38-39-40-41-44-46-49-52-55-58-61-64-67-73(76)79-70-71(69-78-72(75)66-63-60-57-54-51-48-45-42-30-27-24-21-18-15-12-9-6-3)80-74(77)68-65-62-59-56-53-50-47-43-32-29-26-23-20-17-14-11-8-5-2/h9,12,18,21-22,25,27,29-33,35-36,45,48,71H,4-8,10-11,13-17,19-20,23-24,26,28,34,37-44,46-47,49-70H2,1-3H3/b12-9-,21-18-,25-22-,30-27-,32-29-,33-31-,36-35-,48-45-. The first-order valence-electron chi connectivity index (χ1n) is 34.2. The van der Waals surface area contributed by atoms with Gasteiger partial charge in [0, 0.05) is 19.3 Å². The Morgan fingerprint density at radius 2 is 0.487 bits per heavy atom. The van der Waals surface area contributed by atoms with Gasteiger partial charge in [0.05, 0.1) is 0 Å². The average Bonchev–Trinajstić information content (AvgIpc) is 3.46. The Bertz CT molecular complexity index is 1560. The minimum absolute atomic E-state index is 0.0871. The fourth-order valence-corrected chi connectivity index (χ4v) is 9.67. The summed E-state index contributed by atoms with van der Waals surface area (Å²) in [6.07, 6.45) is 91.3. The third kappa shape index (κ3) is 65.1. The number of hydrogen-bond donors (Lipinski definition) is 0. The van der Waals surface area contributed by atoms with Gasteiger partial charge in [0.1, 0.15) is 13.2 Å². The van der Waals surface area contributed by atoms with Crippen LogP contribution in [-0.2, 0) is 28.6 Å². The largest absolute Gasteiger partial charge is 0.462 e. The Kier molecular flexibility index (Phi) is 64.7. The summed E-state index contributed by atoms with van der Waals surface area (Å²) in [7, 11) is 0. The molecular formula is C74H128O6. The number of allylic oxidation sites excluding steroid dienone is 16. The van der Waals surface area contributed by atoms with Crippen LogP contribution in [0, 0.1) is 0 Å². The number of rotatable bonds is 62. The van der Waals surface area contributed by atoms with Gasteiger partial charge in [-0.1, -0.05) is 291 Å². The van der Waals surface area contributed by atoms with Crippen molar-refractivity contribution >= 4 is 17.9 Å². The Labute approximate surface area is 496 Å². The zero-order valence-electron chi connectivity index (χ0n) is 52.8. The van der Waals surface area contributed by atoms with Crippen molar-refractivity contribution in [2.45, 2.75) is 341 Å². The van der Waals surface area contributed by atoms with Gasteiger partial charge >= 0.3 is 17.9 Å². The van der Waals surface area contributed by atoms with Crippen LogP contribution < -0.4 is 0 Å². The van der Waals surface area contributed by atoms with E-state index in [-0.39, 0.29) is 31.1 Å². The first kappa shape index (κ1) is 76.3. The Balaban J connectivity index is 4.35. The number of ether oxygens (including phenoxy) is 3. The van der Waals surface area contributed by atoms with Crippen molar-refractivity contribution in [3.05, 3.63) is 97.2 Å². The van der Waals surface area contributed by atoms with E-state index in [1.807, 2.05) is 0 Å². The summed E-state index contributed by atoms with van der Waals surface area (Å²) in [4.78, 5) is 38.4. The third-order valence-corrected chi connectivity index (χ3v) is 14.8. The van der Waals surface area contributed by atoms with Crippen LogP contribution in [0.5, 0.6) is 0 Å². The zero-order chi connectivity index (χ0) is 57.8. The van der Waals surface area contributed by atoms with Crippen LogP contribution >= 0.6 is 0 Å². The van der Waals surface area contributed by atoms with Crippen LogP contribution in [0.2, 0.25) is 0 Å². The molecule has 0 aliphatic heterocycles. The first-order chi connectivity index (χ1) is 39.5. The van der Waals surface area contributed by atoms with Crippen molar-refractivity contribution in [3.8, 4) is 0 Å². The van der Waals surface area contributed by atoms with Crippen molar-refractivity contribution in [2.75, 3.05) is 13.2 Å². The minimum Gasteiger partial charge on any atom is -0.462 e. The molecule has 0 spiro atoms. The van der Waals surface area contributed by atoms with Gasteiger partial charge in [-0.15, -0.1) is 0 Å². The fourth-order valence-electron chi connectivity index (χ4n) is 9.67. The molecule has 80 heavy (non-hydrogen) atoms. The molecule has 0 bridgehead atoms. The van der Waals surface area contributed by atoms with Crippen LogP contribution in [0.15, 0.2) is 97.2 Å². The van der Waals surface area contributed by atoms with Crippen molar-refractivity contribution in [2.24, 2.45) is 0 Å². The van der Waals surface area contributed by atoms with Gasteiger partial charge in [0.15, 0.2) is 6.10 Å². The van der Waals surface area contributed by atoms with Crippen molar-refractivity contribution in [1.82, 2.24) is 0 Å². The highest BCUT2D eigenvalue weighted by molar-refractivity contribution is 5.71. The summed E-state index contributed by atoms with van der Waals surface area (Å²) >= 11 is 0. The molecule has 460 valence electrons. The summed E-state index contributed by atoms with van der Waals surface area (Å²) in [5.74, 6) is -0.905. The monoisotopic (exact) mass is 1110 g/mol. The summed E-state index contributed by atoms with van der Waals surface area (Å²) < 4.78 is 17.0. The molecule has 0 aromatic rings. The van der Waals surface area contributed by atoms with Crippen LogP contribution in [0.1, 0.15) is 335 Å². The summed E-state index contributed by atoms with van der Waals surface area (Å²) in [6.45, 7) is 6.52. The van der Waals surface area contributed by atoms with E-state index in [1.165, 1.54) is 186 Å². The highest BCUT2D eigenvalue weighted by Crippen LogP contribution is 2.16. The van der Waals surface area contributed by atoms with Crippen LogP contribution in [-0.4, -0.2) is 37.2 Å². The van der Waals surface area contributed by atoms with E-state index in [2.05, 4.69) is 118 Å². The van der Waals surface area contributed by atoms with Crippen LogP contribution in [0.25, 0.3) is 0 Å². The SMILES string of the molecule is CC/C=C\C/C=C\C/C=C\C/C=C\CCCCCCC(=O)OCC(COC(=O)CCCCCCCCCCCCCC/C=C\C/C=C\C/C=C\CCCCCCC)OC(=O)CCCCCCCCC/C=C\CCCCCCCCC. The summed E-state index contributed by atoms with van der Waals surface area (Å²) in [5, 5.41) is 0. The molecule has 0 saturated carbocycles. The number of esters is 3. The number of unbranched alkanes of at least 4 members (excludes halogenated alkanes) is 35. The van der Waals surface area contributed by atoms with Gasteiger partial charge in [-0.25, -0.2) is 0 Å². The number of hydrogen-bond acceptors (Lipinski definition) is 6. The molecule has 0 rings (SSSR count). The lowest BCUT2D eigenvalue weighted by Gasteiger charge is -2.18. The van der Waals surface area contributed by atoms with Crippen molar-refractivity contribution in [3.63, 3.8) is 0 Å². The molecule has 0 N–H and O–H groups in total. The highest BCUT2D eigenvalue weighted by Gasteiger charge is 2.19. The molecular weight excluding hydrogens is 985 g/mol. The van der Waals surface area contributed by atoms with Gasteiger partial charge in [0.25, 0.3) is 0 Å². The highest BCUT2D eigenvalue weighted by atomic mass is 16.6. The predicted octanol–water partition coefficient (Wildman–Crippen LogP) is 23.6. The lowest BCUT2D eigenvalue weighted by atomic mass is 10.0. The first-order valence-corrected chi connectivity index (χ1v) is 34.2. The van der Waals surface area contributed by atoms with E-state index in [4.69, 9.17) is 14.2 Å². The molecule has 0 heterocycles. The second-order valence-electron chi connectivity index (χ2n) is 22.7. The normalized spacial score (nSPS) is 12.7. The second-order valence-corrected chi connectivity index (χ2v) is 22.7. The lowest BCUT2D eigenvalue weighted by molar-refractivity contribution is -0.167. The van der Waals surface area contributed by atoms with Gasteiger partial charge < -0.3 is 14.2 Å². The smallest absolute Gasteiger partial charge is 0.306 e. The molecule has 0 amide bonds. The molecule has 6 nitrogen and oxygen atoms in total. The number of carbonyl (C=O) groups excluding carboxylic acids is 3. The molecule has 1 unspecified atom stereocenters. The maximum Gasteiger partial charge on any atom is 0.306 e. The van der Waals surface area contributed by atoms with Gasteiger partial charge in [-0.05, 0) is 122 Å². The maximum atomic E-state index is 12.9. The topological polar surface area (TPSA) is 78.9 Å². The molecule has 1 atom stereocenters. The van der Waals surface area contributed by atoms with E-state index in [0.29, 0.717) is 19.3 Å². The Morgan fingerprint density at radius 1 is 0.263 bits per heavy atom. The van der Waals surface area contributed by atoms with Crippen molar-refractivity contribution < 1.29 is 28.6 Å².